The molecular formula is C43H30N2. The largest absolute Gasteiger partial charge is 0.292 e. The van der Waals surface area contributed by atoms with Crippen LogP contribution < -0.4 is 0 Å². The van der Waals surface area contributed by atoms with Crippen LogP contribution in [0.5, 0.6) is 0 Å². The van der Waals surface area contributed by atoms with Gasteiger partial charge in [0.1, 0.15) is 5.82 Å². The topological polar surface area (TPSA) is 17.8 Å². The smallest absolute Gasteiger partial charge is 0.145 e. The van der Waals surface area contributed by atoms with Gasteiger partial charge in [0.2, 0.25) is 0 Å². The molecule has 0 saturated carbocycles. The fourth-order valence-corrected chi connectivity index (χ4v) is 6.91. The van der Waals surface area contributed by atoms with Crippen molar-refractivity contribution < 1.29 is 0 Å². The Hall–Kier alpha value is -5.73. The molecule has 8 aromatic rings. The van der Waals surface area contributed by atoms with E-state index in [-0.39, 0.29) is 0 Å². The van der Waals surface area contributed by atoms with E-state index in [0.29, 0.717) is 0 Å². The van der Waals surface area contributed by atoms with E-state index >= 15 is 0 Å². The molecule has 1 heterocycles. The Balaban J connectivity index is 1.05. The number of imidazole rings is 1. The number of hydrogen-bond donors (Lipinski definition) is 0. The molecule has 1 aliphatic rings. The van der Waals surface area contributed by atoms with Gasteiger partial charge < -0.3 is 0 Å². The van der Waals surface area contributed by atoms with E-state index in [1.807, 2.05) is 0 Å². The van der Waals surface area contributed by atoms with E-state index in [1.165, 1.54) is 54.9 Å². The second kappa shape index (κ2) is 10.5. The van der Waals surface area contributed by atoms with E-state index in [0.717, 1.165) is 41.0 Å². The summed E-state index contributed by atoms with van der Waals surface area (Å²) < 4.78 is 2.26. The zero-order chi connectivity index (χ0) is 29.7. The summed E-state index contributed by atoms with van der Waals surface area (Å²) in [5.74, 6) is 0.958. The van der Waals surface area contributed by atoms with Gasteiger partial charge in [-0.1, -0.05) is 115 Å². The van der Waals surface area contributed by atoms with Crippen molar-refractivity contribution in [2.75, 3.05) is 0 Å². The molecule has 2 nitrogen and oxygen atoms in total. The molecule has 0 fully saturated rings. The highest BCUT2D eigenvalue weighted by Crippen LogP contribution is 2.36. The number of benzene rings is 7. The molecule has 1 aliphatic carbocycles. The van der Waals surface area contributed by atoms with Gasteiger partial charge in [0.05, 0.1) is 11.0 Å². The van der Waals surface area contributed by atoms with E-state index in [9.17, 15) is 0 Å². The highest BCUT2D eigenvalue weighted by Gasteiger charge is 2.16. The van der Waals surface area contributed by atoms with Gasteiger partial charge in [0, 0.05) is 11.3 Å². The number of para-hydroxylation sites is 3. The quantitative estimate of drug-likeness (QED) is 0.204. The standard InChI is InChI=1S/C43H30N2/c1-2-10-40(11-3-1)45-42-13-7-6-12-41(42)44-43(45)39-23-22-37-27-36(20-21-38(37)28-39)35-19-18-33-25-32(16-17-34(33)26-35)31-15-14-29-8-4-5-9-30(29)24-31/h1-15,18-28H,16-17H2. The molecule has 0 atom stereocenters. The molecule has 0 radical (unpaired) electrons. The molecule has 0 saturated heterocycles. The van der Waals surface area contributed by atoms with Crippen molar-refractivity contribution in [1.29, 1.82) is 0 Å². The first-order chi connectivity index (χ1) is 22.3. The van der Waals surface area contributed by atoms with Gasteiger partial charge in [-0.2, -0.15) is 0 Å². The maximum atomic E-state index is 5.07. The molecule has 0 N–H and O–H groups in total. The molecule has 0 amide bonds. The summed E-state index contributed by atoms with van der Waals surface area (Å²) >= 11 is 0. The number of nitrogens with zero attached hydrogens (tertiary/aromatic N) is 2. The highest BCUT2D eigenvalue weighted by atomic mass is 15.1. The van der Waals surface area contributed by atoms with Crippen LogP contribution in [0, 0.1) is 0 Å². The minimum absolute atomic E-state index is 0.958. The molecule has 45 heavy (non-hydrogen) atoms. The lowest BCUT2D eigenvalue weighted by molar-refractivity contribution is 1.00. The predicted molar refractivity (Wildman–Crippen MR) is 190 cm³/mol. The van der Waals surface area contributed by atoms with Gasteiger partial charge in [-0.3, -0.25) is 4.57 Å². The third kappa shape index (κ3) is 4.54. The normalized spacial score (nSPS) is 12.8. The van der Waals surface area contributed by atoms with Crippen LogP contribution in [0.2, 0.25) is 0 Å². The Labute approximate surface area is 262 Å². The summed E-state index contributed by atoms with van der Waals surface area (Å²) in [6.07, 6.45) is 4.50. The maximum Gasteiger partial charge on any atom is 0.145 e. The summed E-state index contributed by atoms with van der Waals surface area (Å²) in [5, 5.41) is 5.04. The number of allylic oxidation sites excluding steroid dienone is 1. The number of aromatic nitrogens is 2. The minimum atomic E-state index is 0.958. The maximum absolute atomic E-state index is 5.07. The Kier molecular flexibility index (Phi) is 5.99. The van der Waals surface area contributed by atoms with Gasteiger partial charge in [0.15, 0.2) is 0 Å². The van der Waals surface area contributed by atoms with E-state index in [4.69, 9.17) is 4.98 Å². The van der Waals surface area contributed by atoms with Crippen molar-refractivity contribution in [2.45, 2.75) is 12.8 Å². The second-order valence-electron chi connectivity index (χ2n) is 12.0. The first-order valence-corrected chi connectivity index (χ1v) is 15.7. The zero-order valence-corrected chi connectivity index (χ0v) is 24.8. The van der Waals surface area contributed by atoms with Crippen LogP contribution in [0.3, 0.4) is 0 Å². The van der Waals surface area contributed by atoms with Crippen molar-refractivity contribution in [3.05, 3.63) is 168 Å². The Morgan fingerprint density at radius 3 is 1.98 bits per heavy atom. The first kappa shape index (κ1) is 25.7. The Bertz CT molecular complexity index is 2430. The number of rotatable bonds is 4. The molecule has 1 aromatic heterocycles. The van der Waals surface area contributed by atoms with Gasteiger partial charge in [0.25, 0.3) is 0 Å². The Morgan fingerprint density at radius 2 is 1.09 bits per heavy atom. The highest BCUT2D eigenvalue weighted by molar-refractivity contribution is 5.93. The van der Waals surface area contributed by atoms with Crippen LogP contribution >= 0.6 is 0 Å². The average molecular weight is 575 g/mol. The molecule has 9 rings (SSSR count). The van der Waals surface area contributed by atoms with E-state index in [2.05, 4.69) is 162 Å². The van der Waals surface area contributed by atoms with Crippen molar-refractivity contribution in [1.82, 2.24) is 9.55 Å². The van der Waals surface area contributed by atoms with Gasteiger partial charge in [-0.15, -0.1) is 0 Å². The minimum Gasteiger partial charge on any atom is -0.292 e. The average Bonchev–Trinajstić information content (AvgIpc) is 3.51. The van der Waals surface area contributed by atoms with Crippen molar-refractivity contribution >= 4 is 44.2 Å². The summed E-state index contributed by atoms with van der Waals surface area (Å²) in [5.41, 5.74) is 12.4. The third-order valence-corrected chi connectivity index (χ3v) is 9.26. The lowest BCUT2D eigenvalue weighted by atomic mass is 9.86. The lowest BCUT2D eigenvalue weighted by Crippen LogP contribution is -1.99. The molecule has 2 heteroatoms. The van der Waals surface area contributed by atoms with Gasteiger partial charge in [-0.25, -0.2) is 4.98 Å². The van der Waals surface area contributed by atoms with E-state index < -0.39 is 0 Å². The molecule has 0 spiro atoms. The second-order valence-corrected chi connectivity index (χ2v) is 12.0. The fraction of sp³-hybridized carbons (Fsp3) is 0.0465. The van der Waals surface area contributed by atoms with Crippen LogP contribution in [0.4, 0.5) is 0 Å². The molecule has 212 valence electrons. The molecule has 0 unspecified atom stereocenters. The number of hydrogen-bond acceptors (Lipinski definition) is 1. The summed E-state index contributed by atoms with van der Waals surface area (Å²) in [6.45, 7) is 0. The third-order valence-electron chi connectivity index (χ3n) is 9.26. The van der Waals surface area contributed by atoms with Crippen LogP contribution in [-0.4, -0.2) is 9.55 Å². The SMILES string of the molecule is C1=C(c2ccc3ccccc3c2)CCc2cc(-c3ccc4cc(-c5nc6ccccc6n5-c5ccccc5)ccc4c3)ccc21. The first-order valence-electron chi connectivity index (χ1n) is 15.7. The monoisotopic (exact) mass is 574 g/mol. The summed E-state index contributed by atoms with van der Waals surface area (Å²) in [7, 11) is 0. The predicted octanol–water partition coefficient (Wildman–Crippen LogP) is 11.2. The summed E-state index contributed by atoms with van der Waals surface area (Å²) in [4.78, 5) is 5.07. The molecule has 7 aromatic carbocycles. The summed E-state index contributed by atoms with van der Waals surface area (Å²) in [6, 6.07) is 54.8. The molecule has 0 aliphatic heterocycles. The van der Waals surface area contributed by atoms with Gasteiger partial charge in [-0.05, 0) is 110 Å². The van der Waals surface area contributed by atoms with Crippen LogP contribution in [0.1, 0.15) is 23.1 Å². The van der Waals surface area contributed by atoms with Crippen molar-refractivity contribution in [3.63, 3.8) is 0 Å². The number of fused-ring (bicyclic) bond motifs is 4. The van der Waals surface area contributed by atoms with E-state index in [1.54, 1.807) is 0 Å². The van der Waals surface area contributed by atoms with Crippen LogP contribution in [0.15, 0.2) is 152 Å². The Morgan fingerprint density at radius 1 is 0.467 bits per heavy atom. The number of aryl methyl sites for hydroxylation is 1. The van der Waals surface area contributed by atoms with Crippen molar-refractivity contribution in [2.24, 2.45) is 0 Å². The fourth-order valence-electron chi connectivity index (χ4n) is 6.91. The van der Waals surface area contributed by atoms with Gasteiger partial charge >= 0.3 is 0 Å². The molecule has 0 bridgehead atoms. The zero-order valence-electron chi connectivity index (χ0n) is 24.8. The van der Waals surface area contributed by atoms with Crippen molar-refractivity contribution in [3.8, 4) is 28.2 Å². The molecular weight excluding hydrogens is 544 g/mol. The van der Waals surface area contributed by atoms with Crippen LogP contribution in [0.25, 0.3) is 72.4 Å². The lowest BCUT2D eigenvalue weighted by Gasteiger charge is -2.18. The van der Waals surface area contributed by atoms with Crippen LogP contribution in [-0.2, 0) is 6.42 Å².